The molecule has 138 valence electrons. The Hall–Kier alpha value is 0.900. The summed E-state index contributed by atoms with van der Waals surface area (Å²) in [5, 5.41) is 17.5. The van der Waals surface area contributed by atoms with Crippen LogP contribution in [0.15, 0.2) is 0 Å². The molecule has 25 heavy (non-hydrogen) atoms. The van der Waals surface area contributed by atoms with Crippen LogP contribution in [0, 0.1) is 0 Å². The molecule has 0 aromatic rings. The van der Waals surface area contributed by atoms with Crippen LogP contribution in [0.4, 0.5) is 0 Å². The van der Waals surface area contributed by atoms with Crippen LogP contribution >= 0.6 is 0 Å². The van der Waals surface area contributed by atoms with E-state index in [4.69, 9.17) is 10.2 Å². The molecule has 0 bridgehead atoms. The van der Waals surface area contributed by atoms with E-state index in [0.717, 1.165) is 19.4 Å². The topological polar surface area (TPSA) is 77.8 Å². The molecular formula is C18H35NNa2O4. The van der Waals surface area contributed by atoms with E-state index in [1.165, 1.54) is 51.4 Å². The molecule has 0 aliphatic heterocycles. The second-order valence-corrected chi connectivity index (χ2v) is 6.31. The van der Waals surface area contributed by atoms with Gasteiger partial charge in [-0.05, 0) is 13.0 Å². The van der Waals surface area contributed by atoms with E-state index in [0.29, 0.717) is 13.1 Å². The summed E-state index contributed by atoms with van der Waals surface area (Å²) in [7, 11) is 0. The molecule has 0 amide bonds. The molecule has 0 aromatic carbocycles. The summed E-state index contributed by atoms with van der Waals surface area (Å²) in [4.78, 5) is 23.2. The molecule has 0 spiro atoms. The van der Waals surface area contributed by atoms with Gasteiger partial charge in [-0.2, -0.15) is 0 Å². The number of nitrogens with zero attached hydrogens (tertiary/aromatic N) is 1. The molecule has 0 heterocycles. The molecule has 0 unspecified atom stereocenters. The Bertz CT molecular complexity index is 299. The van der Waals surface area contributed by atoms with Crippen molar-refractivity contribution >= 4 is 71.1 Å². The van der Waals surface area contributed by atoms with Crippen LogP contribution in [0.1, 0.15) is 84.0 Å². The molecule has 0 atom stereocenters. The van der Waals surface area contributed by atoms with Gasteiger partial charge < -0.3 is 15.1 Å². The van der Waals surface area contributed by atoms with Gasteiger partial charge in [0, 0.05) is 72.2 Å². The number of hydrogen-bond acceptors (Lipinski definition) is 3. The second kappa shape index (κ2) is 22.9. The summed E-state index contributed by atoms with van der Waals surface area (Å²) in [6.07, 6.45) is 12.8. The zero-order chi connectivity index (χ0) is 17.3. The predicted octanol–water partition coefficient (Wildman–Crippen LogP) is 3.40. The van der Waals surface area contributed by atoms with Crippen molar-refractivity contribution in [2.75, 3.05) is 19.6 Å². The molecule has 0 aromatic heterocycles. The largest absolute Gasteiger partial charge is 0.481 e. The first-order valence-corrected chi connectivity index (χ1v) is 9.22. The number of unbranched alkanes of at least 4 members (excludes halogenated alkanes) is 9. The van der Waals surface area contributed by atoms with Crippen LogP contribution in [0.2, 0.25) is 0 Å². The van der Waals surface area contributed by atoms with E-state index in [1.54, 1.807) is 0 Å². The number of carboxylic acid groups (broad SMARTS) is 2. The molecule has 0 aliphatic rings. The maximum Gasteiger partial charge on any atom is 0.304 e. The van der Waals surface area contributed by atoms with E-state index < -0.39 is 11.9 Å². The van der Waals surface area contributed by atoms with Gasteiger partial charge in [-0.15, -0.1) is 0 Å². The fourth-order valence-electron chi connectivity index (χ4n) is 2.67. The Morgan fingerprint density at radius 3 is 1.36 bits per heavy atom. The van der Waals surface area contributed by atoms with Crippen molar-refractivity contribution < 1.29 is 19.8 Å². The summed E-state index contributed by atoms with van der Waals surface area (Å²) < 4.78 is 0. The third kappa shape index (κ3) is 24.9. The first-order valence-electron chi connectivity index (χ1n) is 9.22. The van der Waals surface area contributed by atoms with E-state index in [1.807, 2.05) is 4.90 Å². The monoisotopic (exact) mass is 375 g/mol. The average molecular weight is 375 g/mol. The second-order valence-electron chi connectivity index (χ2n) is 6.31. The zero-order valence-corrected chi connectivity index (χ0v) is 20.8. The van der Waals surface area contributed by atoms with Crippen molar-refractivity contribution in [3.63, 3.8) is 0 Å². The van der Waals surface area contributed by atoms with Crippen molar-refractivity contribution in [2.45, 2.75) is 84.0 Å². The van der Waals surface area contributed by atoms with E-state index in [9.17, 15) is 9.59 Å². The Kier molecular flexibility index (Phi) is 28.1. The van der Waals surface area contributed by atoms with Gasteiger partial charge in [0.25, 0.3) is 0 Å². The molecule has 5 nitrogen and oxygen atoms in total. The van der Waals surface area contributed by atoms with E-state index >= 15 is 0 Å². The molecule has 0 saturated carbocycles. The summed E-state index contributed by atoms with van der Waals surface area (Å²) >= 11 is 0. The fourth-order valence-corrected chi connectivity index (χ4v) is 2.67. The molecule has 0 aliphatic carbocycles. The summed E-state index contributed by atoms with van der Waals surface area (Å²) in [6, 6.07) is 0. The molecule has 2 radical (unpaired) electrons. The van der Waals surface area contributed by atoms with E-state index in [2.05, 4.69) is 6.92 Å². The zero-order valence-electron chi connectivity index (χ0n) is 16.8. The Morgan fingerprint density at radius 2 is 1.00 bits per heavy atom. The maximum absolute atomic E-state index is 10.6. The number of carboxylic acids is 2. The molecule has 2 N–H and O–H groups in total. The quantitative estimate of drug-likeness (QED) is 0.301. The molecule has 7 heteroatoms. The van der Waals surface area contributed by atoms with Gasteiger partial charge >= 0.3 is 11.9 Å². The summed E-state index contributed by atoms with van der Waals surface area (Å²) in [5.74, 6) is -1.65. The van der Waals surface area contributed by atoms with Crippen LogP contribution in [-0.2, 0) is 9.59 Å². The van der Waals surface area contributed by atoms with Crippen LogP contribution in [0.5, 0.6) is 0 Å². The third-order valence-corrected chi connectivity index (χ3v) is 4.11. The van der Waals surface area contributed by atoms with Crippen molar-refractivity contribution in [1.29, 1.82) is 0 Å². The Morgan fingerprint density at radius 1 is 0.640 bits per heavy atom. The first kappa shape index (κ1) is 30.6. The first-order chi connectivity index (χ1) is 11.1. The Balaban J connectivity index is -0.00000242. The van der Waals surface area contributed by atoms with Crippen molar-refractivity contribution in [2.24, 2.45) is 0 Å². The minimum absolute atomic E-state index is 0. The molecular weight excluding hydrogens is 340 g/mol. The van der Waals surface area contributed by atoms with Gasteiger partial charge in [0.1, 0.15) is 0 Å². The van der Waals surface area contributed by atoms with Gasteiger partial charge in [-0.25, -0.2) is 0 Å². The van der Waals surface area contributed by atoms with Gasteiger partial charge in [-0.3, -0.25) is 9.59 Å². The number of aliphatic carboxylic acids is 2. The minimum atomic E-state index is -0.826. The summed E-state index contributed by atoms with van der Waals surface area (Å²) in [5.41, 5.74) is 0. The number of rotatable bonds is 17. The van der Waals surface area contributed by atoms with Crippen LogP contribution < -0.4 is 0 Å². The van der Waals surface area contributed by atoms with Gasteiger partial charge in [0.2, 0.25) is 0 Å². The van der Waals surface area contributed by atoms with Crippen LogP contribution in [0.25, 0.3) is 0 Å². The summed E-state index contributed by atoms with van der Waals surface area (Å²) in [6.45, 7) is 3.92. The van der Waals surface area contributed by atoms with Gasteiger partial charge in [0.15, 0.2) is 0 Å². The SMILES string of the molecule is CCCCCCCCCCCCN(CCC(=O)O)CCC(=O)O.[Na].[Na]. The van der Waals surface area contributed by atoms with Gasteiger partial charge in [-0.1, -0.05) is 64.7 Å². The predicted molar refractivity (Wildman–Crippen MR) is 104 cm³/mol. The number of carbonyl (C=O) groups is 2. The van der Waals surface area contributed by atoms with E-state index in [-0.39, 0.29) is 72.0 Å². The molecule has 0 saturated heterocycles. The standard InChI is InChI=1S/C18H35NO4.2Na/c1-2-3-4-5-6-7-8-9-10-11-14-19(15-12-17(20)21)16-13-18(22)23;;/h2-16H2,1H3,(H,20,21)(H,22,23);;. The molecule has 0 fully saturated rings. The fraction of sp³-hybridized carbons (Fsp3) is 0.889. The van der Waals surface area contributed by atoms with Crippen molar-refractivity contribution in [3.8, 4) is 0 Å². The smallest absolute Gasteiger partial charge is 0.304 e. The third-order valence-electron chi connectivity index (χ3n) is 4.11. The molecule has 0 rings (SSSR count). The van der Waals surface area contributed by atoms with Crippen molar-refractivity contribution in [1.82, 2.24) is 4.90 Å². The van der Waals surface area contributed by atoms with Crippen LogP contribution in [-0.4, -0.2) is 106 Å². The number of hydrogen-bond donors (Lipinski definition) is 2. The minimum Gasteiger partial charge on any atom is -0.481 e. The Labute approximate surface area is 197 Å². The van der Waals surface area contributed by atoms with Crippen LogP contribution in [0.3, 0.4) is 0 Å². The van der Waals surface area contributed by atoms with Gasteiger partial charge in [0.05, 0.1) is 12.8 Å². The normalized spacial score (nSPS) is 10.2. The van der Waals surface area contributed by atoms with Crippen molar-refractivity contribution in [3.05, 3.63) is 0 Å². The average Bonchev–Trinajstić information content (AvgIpc) is 2.50. The maximum atomic E-state index is 10.6.